The Bertz CT molecular complexity index is 409. The van der Waals surface area contributed by atoms with Crippen molar-refractivity contribution in [1.29, 1.82) is 0 Å². The molecular formula is C11H18N6O. The van der Waals surface area contributed by atoms with E-state index >= 15 is 0 Å². The van der Waals surface area contributed by atoms with E-state index in [1.54, 1.807) is 19.3 Å². The van der Waals surface area contributed by atoms with Crippen LogP contribution in [-0.2, 0) is 0 Å². The summed E-state index contributed by atoms with van der Waals surface area (Å²) >= 11 is 0. The third kappa shape index (κ3) is 3.76. The second-order valence-corrected chi connectivity index (χ2v) is 4.14. The third-order valence-electron chi connectivity index (χ3n) is 2.59. The van der Waals surface area contributed by atoms with Crippen molar-refractivity contribution in [2.75, 3.05) is 20.1 Å². The number of carbonyl (C=O) groups is 1. The lowest BCUT2D eigenvalue weighted by molar-refractivity contribution is 0.0949. The second kappa shape index (κ2) is 6.04. The first-order valence-corrected chi connectivity index (χ1v) is 6.04. The molecule has 0 aromatic carbocycles. The molecular weight excluding hydrogens is 232 g/mol. The summed E-state index contributed by atoms with van der Waals surface area (Å²) in [5.74, 6) is 0.632. The maximum atomic E-state index is 11.6. The highest BCUT2D eigenvalue weighted by molar-refractivity contribution is 5.92. The molecule has 1 amide bonds. The Morgan fingerprint density at radius 3 is 2.89 bits per heavy atom. The molecule has 7 nitrogen and oxygen atoms in total. The van der Waals surface area contributed by atoms with Crippen LogP contribution in [0.1, 0.15) is 23.3 Å². The Labute approximate surface area is 105 Å². The summed E-state index contributed by atoms with van der Waals surface area (Å²) in [6, 6.07) is 2.20. The zero-order valence-corrected chi connectivity index (χ0v) is 10.4. The molecule has 7 heteroatoms. The summed E-state index contributed by atoms with van der Waals surface area (Å²) in [6.07, 6.45) is 3.96. The Morgan fingerprint density at radius 1 is 1.50 bits per heavy atom. The lowest BCUT2D eigenvalue weighted by atomic mass is 10.4. The van der Waals surface area contributed by atoms with Gasteiger partial charge in [-0.05, 0) is 18.9 Å². The van der Waals surface area contributed by atoms with Crippen LogP contribution in [0.3, 0.4) is 0 Å². The molecule has 2 rings (SSSR count). The van der Waals surface area contributed by atoms with Crippen molar-refractivity contribution in [3.63, 3.8) is 0 Å². The van der Waals surface area contributed by atoms with E-state index in [-0.39, 0.29) is 5.91 Å². The van der Waals surface area contributed by atoms with Gasteiger partial charge in [-0.1, -0.05) is 0 Å². The van der Waals surface area contributed by atoms with Gasteiger partial charge in [0.1, 0.15) is 5.69 Å². The standard InChI is InChI=1S/C11H18N6O/c1-12-11(16-8-2-3-8)14-7-6-13-10(18)9-4-5-15-17-9/h4-5,8H,2-3,6-7H2,1H3,(H,13,18)(H,15,17)(H2,12,14,16). The SMILES string of the molecule is CN=C(NCCNC(=O)c1ccn[nH]1)NC1CC1. The number of nitrogens with one attached hydrogen (secondary N) is 4. The monoisotopic (exact) mass is 250 g/mol. The van der Waals surface area contributed by atoms with Crippen LogP contribution >= 0.6 is 0 Å². The van der Waals surface area contributed by atoms with Gasteiger partial charge in [-0.25, -0.2) is 0 Å². The van der Waals surface area contributed by atoms with Gasteiger partial charge in [-0.15, -0.1) is 0 Å². The minimum atomic E-state index is -0.153. The van der Waals surface area contributed by atoms with Gasteiger partial charge >= 0.3 is 0 Å². The van der Waals surface area contributed by atoms with Crippen LogP contribution in [0.25, 0.3) is 0 Å². The smallest absolute Gasteiger partial charge is 0.269 e. The zero-order chi connectivity index (χ0) is 12.8. The van der Waals surface area contributed by atoms with Gasteiger partial charge in [-0.2, -0.15) is 5.10 Å². The highest BCUT2D eigenvalue weighted by atomic mass is 16.1. The number of aromatic nitrogens is 2. The first-order valence-electron chi connectivity index (χ1n) is 6.04. The van der Waals surface area contributed by atoms with Crippen LogP contribution in [0.2, 0.25) is 0 Å². The minimum Gasteiger partial charge on any atom is -0.355 e. The van der Waals surface area contributed by atoms with Gasteiger partial charge in [0.15, 0.2) is 5.96 Å². The summed E-state index contributed by atoms with van der Waals surface area (Å²) in [6.45, 7) is 1.16. The highest BCUT2D eigenvalue weighted by Crippen LogP contribution is 2.18. The predicted molar refractivity (Wildman–Crippen MR) is 68.4 cm³/mol. The molecule has 1 fully saturated rings. The number of H-pyrrole nitrogens is 1. The van der Waals surface area contributed by atoms with Crippen molar-refractivity contribution < 1.29 is 4.79 Å². The van der Waals surface area contributed by atoms with E-state index in [1.807, 2.05) is 0 Å². The average molecular weight is 250 g/mol. The number of carbonyl (C=O) groups excluding carboxylic acids is 1. The molecule has 4 N–H and O–H groups in total. The van der Waals surface area contributed by atoms with Crippen LogP contribution in [0, 0.1) is 0 Å². The van der Waals surface area contributed by atoms with Gasteiger partial charge in [-0.3, -0.25) is 14.9 Å². The number of rotatable bonds is 5. The molecule has 0 spiro atoms. The molecule has 1 aromatic rings. The summed E-state index contributed by atoms with van der Waals surface area (Å²) in [4.78, 5) is 15.7. The fourth-order valence-electron chi connectivity index (χ4n) is 1.45. The molecule has 0 aliphatic heterocycles. The topological polar surface area (TPSA) is 94.2 Å². The third-order valence-corrected chi connectivity index (χ3v) is 2.59. The van der Waals surface area contributed by atoms with Gasteiger partial charge < -0.3 is 16.0 Å². The molecule has 18 heavy (non-hydrogen) atoms. The average Bonchev–Trinajstić information content (AvgIpc) is 3.03. The second-order valence-electron chi connectivity index (χ2n) is 4.14. The summed E-state index contributed by atoms with van der Waals surface area (Å²) in [5, 5.41) is 15.5. The Morgan fingerprint density at radius 2 is 2.28 bits per heavy atom. The molecule has 98 valence electrons. The molecule has 0 atom stereocenters. The van der Waals surface area contributed by atoms with Crippen LogP contribution in [0.5, 0.6) is 0 Å². The van der Waals surface area contributed by atoms with Crippen molar-refractivity contribution in [2.24, 2.45) is 4.99 Å². The summed E-state index contributed by atoms with van der Waals surface area (Å²) in [5.41, 5.74) is 0.468. The lowest BCUT2D eigenvalue weighted by Gasteiger charge is -2.11. The maximum Gasteiger partial charge on any atom is 0.269 e. The van der Waals surface area contributed by atoms with Gasteiger partial charge in [0.05, 0.1) is 0 Å². The molecule has 0 unspecified atom stereocenters. The number of amides is 1. The van der Waals surface area contributed by atoms with Crippen LogP contribution in [0.4, 0.5) is 0 Å². The van der Waals surface area contributed by atoms with E-state index in [1.165, 1.54) is 12.8 Å². The summed E-state index contributed by atoms with van der Waals surface area (Å²) in [7, 11) is 1.74. The number of hydrogen-bond donors (Lipinski definition) is 4. The molecule has 1 heterocycles. The van der Waals surface area contributed by atoms with E-state index in [0.29, 0.717) is 24.8 Å². The molecule has 1 aromatic heterocycles. The lowest BCUT2D eigenvalue weighted by Crippen LogP contribution is -2.42. The number of guanidine groups is 1. The molecule has 0 bridgehead atoms. The first-order chi connectivity index (χ1) is 8.79. The fraction of sp³-hybridized carbons (Fsp3) is 0.545. The van der Waals surface area contributed by atoms with E-state index in [2.05, 4.69) is 31.1 Å². The number of aromatic amines is 1. The molecule has 1 saturated carbocycles. The van der Waals surface area contributed by atoms with Crippen molar-refractivity contribution >= 4 is 11.9 Å². The van der Waals surface area contributed by atoms with Crippen LogP contribution in [0.15, 0.2) is 17.3 Å². The van der Waals surface area contributed by atoms with E-state index in [0.717, 1.165) is 5.96 Å². The molecule has 1 aliphatic carbocycles. The Balaban J connectivity index is 1.61. The quantitative estimate of drug-likeness (QED) is 0.321. The van der Waals surface area contributed by atoms with Crippen molar-refractivity contribution in [3.05, 3.63) is 18.0 Å². The number of hydrogen-bond acceptors (Lipinski definition) is 3. The van der Waals surface area contributed by atoms with E-state index < -0.39 is 0 Å². The largest absolute Gasteiger partial charge is 0.355 e. The number of nitrogens with zero attached hydrogens (tertiary/aromatic N) is 2. The normalized spacial score (nSPS) is 15.3. The first kappa shape index (κ1) is 12.4. The summed E-state index contributed by atoms with van der Waals surface area (Å²) < 4.78 is 0. The molecule has 0 radical (unpaired) electrons. The van der Waals surface area contributed by atoms with Crippen molar-refractivity contribution in [2.45, 2.75) is 18.9 Å². The zero-order valence-electron chi connectivity index (χ0n) is 10.4. The Hall–Kier alpha value is -2.05. The van der Waals surface area contributed by atoms with Crippen molar-refractivity contribution in [1.82, 2.24) is 26.1 Å². The van der Waals surface area contributed by atoms with Gasteiger partial charge in [0, 0.05) is 32.4 Å². The minimum absolute atomic E-state index is 0.153. The molecule has 0 saturated heterocycles. The fourth-order valence-corrected chi connectivity index (χ4v) is 1.45. The highest BCUT2D eigenvalue weighted by Gasteiger charge is 2.21. The molecule has 1 aliphatic rings. The Kier molecular flexibility index (Phi) is 4.16. The predicted octanol–water partition coefficient (Wildman–Crippen LogP) is -0.533. The van der Waals surface area contributed by atoms with Crippen LogP contribution in [-0.4, -0.2) is 48.2 Å². The maximum absolute atomic E-state index is 11.6. The van der Waals surface area contributed by atoms with Crippen LogP contribution < -0.4 is 16.0 Å². The van der Waals surface area contributed by atoms with E-state index in [9.17, 15) is 4.79 Å². The van der Waals surface area contributed by atoms with Crippen molar-refractivity contribution in [3.8, 4) is 0 Å². The van der Waals surface area contributed by atoms with Gasteiger partial charge in [0.2, 0.25) is 0 Å². The van der Waals surface area contributed by atoms with Gasteiger partial charge in [0.25, 0.3) is 5.91 Å². The number of aliphatic imine (C=N–C) groups is 1. The van der Waals surface area contributed by atoms with E-state index in [4.69, 9.17) is 0 Å².